The number of amides is 3. The molecule has 4 unspecified atom stereocenters. The number of thioether (sulfide) groups is 2. The quantitative estimate of drug-likeness (QED) is 0.204. The Labute approximate surface area is 282 Å². The molecule has 0 saturated carbocycles. The molecule has 0 aliphatic carbocycles. The second-order valence-electron chi connectivity index (χ2n) is 12.7. The average Bonchev–Trinajstić information content (AvgIpc) is 3.55. The van der Waals surface area contributed by atoms with Crippen LogP contribution < -0.4 is 5.32 Å². The first-order valence-electron chi connectivity index (χ1n) is 15.5. The topological polar surface area (TPSA) is 154 Å². The number of hydrogen-bond acceptors (Lipinski definition) is 10. The lowest BCUT2D eigenvalue weighted by Gasteiger charge is -2.49. The number of fused-ring (bicyclic) bond motifs is 2. The van der Waals surface area contributed by atoms with Crippen LogP contribution in [-0.2, 0) is 35.1 Å². The van der Waals surface area contributed by atoms with E-state index in [1.807, 2.05) is 38.3 Å². The number of carboxylic acid groups (broad SMARTS) is 1. The Morgan fingerprint density at radius 2 is 1.87 bits per heavy atom. The molecule has 11 nitrogen and oxygen atoms in total. The Hall–Kier alpha value is -2.81. The number of aliphatic hydroxyl groups is 1. The molecule has 6 atom stereocenters. The van der Waals surface area contributed by atoms with Gasteiger partial charge in [0.2, 0.25) is 17.7 Å². The summed E-state index contributed by atoms with van der Waals surface area (Å²) in [5, 5.41) is 23.7. The van der Waals surface area contributed by atoms with E-state index in [0.717, 1.165) is 27.5 Å². The van der Waals surface area contributed by atoms with Crippen LogP contribution in [-0.4, -0.2) is 85.2 Å². The largest absolute Gasteiger partial charge is 0.477 e. The number of carboxylic acids is 1. The molecular formula is C32H43N3O8S3. The number of nitrogens with zero attached hydrogens (tertiary/aromatic N) is 2. The molecule has 5 rings (SSSR count). The van der Waals surface area contributed by atoms with Crippen LogP contribution in [0.25, 0.3) is 0 Å². The fraction of sp³-hybridized carbons (Fsp3) is 0.594. The Bertz CT molecular complexity index is 1390. The fourth-order valence-electron chi connectivity index (χ4n) is 6.15. The highest BCUT2D eigenvalue weighted by Crippen LogP contribution is 2.50. The van der Waals surface area contributed by atoms with E-state index in [1.165, 1.54) is 32.9 Å². The van der Waals surface area contributed by atoms with Gasteiger partial charge >= 0.3 is 5.97 Å². The van der Waals surface area contributed by atoms with Crippen LogP contribution in [0.15, 0.2) is 39.6 Å². The predicted octanol–water partition coefficient (Wildman–Crippen LogP) is 4.04. The maximum atomic E-state index is 12.5. The fourth-order valence-corrected chi connectivity index (χ4v) is 9.70. The Kier molecular flexibility index (Phi) is 12.1. The number of aliphatic carboxylic acids is 1. The molecule has 0 radical (unpaired) electrons. The normalized spacial score (nSPS) is 25.8. The molecule has 0 spiro atoms. The zero-order chi connectivity index (χ0) is 33.9. The monoisotopic (exact) mass is 693 g/mol. The van der Waals surface area contributed by atoms with E-state index in [4.69, 9.17) is 4.74 Å². The van der Waals surface area contributed by atoms with Gasteiger partial charge < -0.3 is 20.3 Å². The Morgan fingerprint density at radius 3 is 2.43 bits per heavy atom. The van der Waals surface area contributed by atoms with Crippen LogP contribution in [0.2, 0.25) is 0 Å². The molecule has 0 bridgehead atoms. The third-order valence-electron chi connectivity index (χ3n) is 8.31. The number of ether oxygens (including phenoxy) is 1. The number of hydrogen-bond donors (Lipinski definition) is 3. The minimum Gasteiger partial charge on any atom is -0.477 e. The first-order valence-corrected chi connectivity index (χ1v) is 18.4. The molecule has 46 heavy (non-hydrogen) atoms. The van der Waals surface area contributed by atoms with Gasteiger partial charge in [-0.1, -0.05) is 40.7 Å². The highest BCUT2D eigenvalue weighted by atomic mass is 32.2. The van der Waals surface area contributed by atoms with Gasteiger partial charge in [0.1, 0.15) is 17.1 Å². The average molecular weight is 694 g/mol. The SMILES string of the molecule is CC(C)CC1=C(C(=O)O)N2C(=O)[C@@H](NC(=O)Cc3cccs3)[C@H]2SC1.CC(C)CCSC1=C(OC=O)N2C(=O)C(C(C)O)C2C1C. The molecule has 2 saturated heterocycles. The van der Waals surface area contributed by atoms with Gasteiger partial charge in [-0.2, -0.15) is 0 Å². The van der Waals surface area contributed by atoms with Crippen molar-refractivity contribution in [2.45, 2.75) is 84.4 Å². The van der Waals surface area contributed by atoms with Crippen molar-refractivity contribution in [3.8, 4) is 0 Å². The Balaban J connectivity index is 0.000000212. The summed E-state index contributed by atoms with van der Waals surface area (Å²) in [7, 11) is 0. The number of β-lactam (4-membered cyclic amide) rings is 2. The maximum absolute atomic E-state index is 12.5. The van der Waals surface area contributed by atoms with Crippen molar-refractivity contribution in [3.05, 3.63) is 44.4 Å². The van der Waals surface area contributed by atoms with Gasteiger partial charge in [-0.25, -0.2) is 4.79 Å². The Morgan fingerprint density at radius 1 is 1.15 bits per heavy atom. The van der Waals surface area contributed by atoms with Crippen molar-refractivity contribution in [3.63, 3.8) is 0 Å². The first kappa shape index (κ1) is 36.0. The molecule has 1 aromatic rings. The van der Waals surface area contributed by atoms with E-state index in [9.17, 15) is 34.2 Å². The minimum absolute atomic E-state index is 0.0889. The number of nitrogens with one attached hydrogen (secondary N) is 1. The summed E-state index contributed by atoms with van der Waals surface area (Å²) in [5.41, 5.74) is 0.895. The highest BCUT2D eigenvalue weighted by molar-refractivity contribution is 8.03. The van der Waals surface area contributed by atoms with Crippen molar-refractivity contribution in [2.24, 2.45) is 23.7 Å². The number of rotatable bonds is 13. The molecule has 4 aliphatic rings. The van der Waals surface area contributed by atoms with E-state index in [1.54, 1.807) is 18.7 Å². The molecular weight excluding hydrogens is 651 g/mol. The number of carbonyl (C=O) groups is 5. The number of thiophene rings is 1. The van der Waals surface area contributed by atoms with Crippen LogP contribution in [0.5, 0.6) is 0 Å². The molecule has 14 heteroatoms. The van der Waals surface area contributed by atoms with E-state index in [-0.39, 0.29) is 47.2 Å². The third-order valence-corrected chi connectivity index (χ3v) is 11.8. The molecule has 4 aliphatic heterocycles. The van der Waals surface area contributed by atoms with Crippen molar-refractivity contribution < 1.29 is 38.9 Å². The van der Waals surface area contributed by atoms with Gasteiger partial charge in [-0.15, -0.1) is 34.9 Å². The maximum Gasteiger partial charge on any atom is 0.352 e. The predicted molar refractivity (Wildman–Crippen MR) is 178 cm³/mol. The standard InChI is InChI=1S/C17H20N2O4S2.C15H23NO4S/c1-9(2)6-10-8-25-16-13(15(21)19(16)14(10)17(22)23)18-12(20)7-11-4-3-5-24-11;1-8(2)5-6-21-13-9(3)12-11(10(4)18)14(19)16(12)15(13)20-7-17/h3-5,9,13,16H,6-8H2,1-2H3,(H,18,20)(H,22,23);7-12,18H,5-6H2,1-4H3/t13-,16-;/m1./s1. The van der Waals surface area contributed by atoms with Crippen molar-refractivity contribution in [1.29, 1.82) is 0 Å². The van der Waals surface area contributed by atoms with Gasteiger partial charge in [-0.3, -0.25) is 29.0 Å². The molecule has 0 aromatic carbocycles. The molecule has 3 amide bonds. The lowest BCUT2D eigenvalue weighted by molar-refractivity contribution is -0.164. The summed E-state index contributed by atoms with van der Waals surface area (Å²) in [6, 6.07) is 3.01. The van der Waals surface area contributed by atoms with Crippen LogP contribution >= 0.6 is 34.9 Å². The van der Waals surface area contributed by atoms with Gasteiger partial charge in [0.05, 0.1) is 29.4 Å². The minimum atomic E-state index is -1.07. The number of aliphatic hydroxyl groups excluding tert-OH is 1. The molecule has 2 fully saturated rings. The summed E-state index contributed by atoms with van der Waals surface area (Å²) in [5.74, 6) is 0.721. The smallest absolute Gasteiger partial charge is 0.352 e. The molecule has 252 valence electrons. The van der Waals surface area contributed by atoms with Crippen LogP contribution in [0.3, 0.4) is 0 Å². The van der Waals surface area contributed by atoms with E-state index in [0.29, 0.717) is 36.4 Å². The van der Waals surface area contributed by atoms with E-state index in [2.05, 4.69) is 19.2 Å². The van der Waals surface area contributed by atoms with Crippen LogP contribution in [0.4, 0.5) is 0 Å². The zero-order valence-electron chi connectivity index (χ0n) is 26.9. The lowest BCUT2D eigenvalue weighted by atomic mass is 9.79. The zero-order valence-corrected chi connectivity index (χ0v) is 29.4. The number of carbonyl (C=O) groups excluding carboxylic acids is 4. The summed E-state index contributed by atoms with van der Waals surface area (Å²) >= 11 is 4.66. The summed E-state index contributed by atoms with van der Waals surface area (Å²) < 4.78 is 5.08. The second-order valence-corrected chi connectivity index (χ2v) is 16.0. The van der Waals surface area contributed by atoms with Crippen LogP contribution in [0.1, 0.15) is 59.3 Å². The third kappa shape index (κ3) is 7.50. The second kappa shape index (κ2) is 15.4. The van der Waals surface area contributed by atoms with Gasteiger partial charge in [-0.05, 0) is 54.4 Å². The van der Waals surface area contributed by atoms with Crippen molar-refractivity contribution in [1.82, 2.24) is 15.1 Å². The summed E-state index contributed by atoms with van der Waals surface area (Å²) in [6.45, 7) is 12.4. The molecule has 3 N–H and O–H groups in total. The first-order chi connectivity index (χ1) is 21.8. The van der Waals surface area contributed by atoms with Gasteiger partial charge in [0.25, 0.3) is 12.4 Å². The molecule has 5 heterocycles. The van der Waals surface area contributed by atoms with E-state index >= 15 is 0 Å². The van der Waals surface area contributed by atoms with E-state index < -0.39 is 24.0 Å². The highest BCUT2D eigenvalue weighted by Gasteiger charge is 2.59. The molecule has 1 aromatic heterocycles. The summed E-state index contributed by atoms with van der Waals surface area (Å²) in [4.78, 5) is 64.0. The van der Waals surface area contributed by atoms with Crippen LogP contribution in [0, 0.1) is 23.7 Å². The lowest BCUT2D eigenvalue weighted by Crippen LogP contribution is -2.70. The van der Waals surface area contributed by atoms with Crippen molar-refractivity contribution in [2.75, 3.05) is 11.5 Å². The summed E-state index contributed by atoms with van der Waals surface area (Å²) in [6.07, 6.45) is 1.27. The van der Waals surface area contributed by atoms with Crippen molar-refractivity contribution >= 4 is 65.0 Å². The van der Waals surface area contributed by atoms with Gasteiger partial charge in [0, 0.05) is 16.5 Å². The van der Waals surface area contributed by atoms with Gasteiger partial charge in [0.15, 0.2) is 0 Å².